The number of halogens is 5. The monoisotopic (exact) mass is 268 g/mol. The Balaban J connectivity index is 2.95. The number of anilines is 1. The molecular formula is C10H9F5N2O. The number of alkyl halides is 3. The standard InChI is InChI=1S/C10H9F5N2O/c1-9(16,10(13,14)15)8(18)17-7-3-5(11)2-6(12)4-7/h2-4H,16H2,1H3,(H,17,18). The van der Waals surface area contributed by atoms with Crippen LogP contribution in [-0.2, 0) is 4.79 Å². The Hall–Kier alpha value is -1.70. The average molecular weight is 268 g/mol. The van der Waals surface area contributed by atoms with E-state index in [9.17, 15) is 26.7 Å². The maximum Gasteiger partial charge on any atom is 0.415 e. The van der Waals surface area contributed by atoms with Crippen LogP contribution in [-0.4, -0.2) is 17.6 Å². The molecule has 3 nitrogen and oxygen atoms in total. The molecule has 0 bridgehead atoms. The molecule has 0 heterocycles. The highest BCUT2D eigenvalue weighted by molar-refractivity contribution is 5.98. The Kier molecular flexibility index (Phi) is 3.61. The second kappa shape index (κ2) is 4.52. The number of nitrogens with one attached hydrogen (secondary N) is 1. The third-order valence-electron chi connectivity index (χ3n) is 2.18. The van der Waals surface area contributed by atoms with Gasteiger partial charge in [0.1, 0.15) is 11.6 Å². The lowest BCUT2D eigenvalue weighted by Gasteiger charge is -2.26. The fourth-order valence-electron chi connectivity index (χ4n) is 1.02. The van der Waals surface area contributed by atoms with Crippen molar-refractivity contribution in [1.82, 2.24) is 0 Å². The summed E-state index contributed by atoms with van der Waals surface area (Å²) in [6, 6.07) is 1.86. The van der Waals surface area contributed by atoms with Gasteiger partial charge in [-0.1, -0.05) is 0 Å². The molecule has 1 atom stereocenters. The van der Waals surface area contributed by atoms with Crippen molar-refractivity contribution in [1.29, 1.82) is 0 Å². The Morgan fingerprint density at radius 2 is 1.61 bits per heavy atom. The van der Waals surface area contributed by atoms with Gasteiger partial charge >= 0.3 is 6.18 Å². The van der Waals surface area contributed by atoms with Gasteiger partial charge in [-0.2, -0.15) is 13.2 Å². The highest BCUT2D eigenvalue weighted by Gasteiger charge is 2.53. The van der Waals surface area contributed by atoms with Crippen LogP contribution in [0.5, 0.6) is 0 Å². The van der Waals surface area contributed by atoms with Crippen LogP contribution in [0.4, 0.5) is 27.6 Å². The van der Waals surface area contributed by atoms with Crippen molar-refractivity contribution in [3.63, 3.8) is 0 Å². The molecule has 1 amide bonds. The zero-order valence-corrected chi connectivity index (χ0v) is 9.11. The molecule has 0 aliphatic carbocycles. The highest BCUT2D eigenvalue weighted by atomic mass is 19.4. The lowest BCUT2D eigenvalue weighted by atomic mass is 10.0. The number of benzene rings is 1. The summed E-state index contributed by atoms with van der Waals surface area (Å²) in [7, 11) is 0. The van der Waals surface area contributed by atoms with Crippen LogP contribution < -0.4 is 11.1 Å². The van der Waals surface area contributed by atoms with Gasteiger partial charge in [0.05, 0.1) is 0 Å². The molecule has 100 valence electrons. The van der Waals surface area contributed by atoms with Crippen LogP contribution in [0.1, 0.15) is 6.92 Å². The third kappa shape index (κ3) is 2.95. The summed E-state index contributed by atoms with van der Waals surface area (Å²) in [6.45, 7) is 0.456. The van der Waals surface area contributed by atoms with Crippen molar-refractivity contribution in [2.75, 3.05) is 5.32 Å². The van der Waals surface area contributed by atoms with E-state index in [0.29, 0.717) is 25.1 Å². The number of rotatable bonds is 2. The fourth-order valence-corrected chi connectivity index (χ4v) is 1.02. The van der Waals surface area contributed by atoms with Crippen LogP contribution in [0.2, 0.25) is 0 Å². The molecule has 1 rings (SSSR count). The zero-order valence-electron chi connectivity index (χ0n) is 9.11. The smallest absolute Gasteiger partial charge is 0.324 e. The molecule has 0 fully saturated rings. The zero-order chi connectivity index (χ0) is 14.1. The number of hydrogen-bond donors (Lipinski definition) is 2. The van der Waals surface area contributed by atoms with Gasteiger partial charge in [0, 0.05) is 11.8 Å². The van der Waals surface area contributed by atoms with Gasteiger partial charge in [0.15, 0.2) is 5.54 Å². The maximum atomic E-state index is 12.8. The number of hydrogen-bond acceptors (Lipinski definition) is 2. The summed E-state index contributed by atoms with van der Waals surface area (Å²) < 4.78 is 62.8. The molecule has 0 saturated carbocycles. The SMILES string of the molecule is CC(N)(C(=O)Nc1cc(F)cc(F)c1)C(F)(F)F. The van der Waals surface area contributed by atoms with E-state index in [4.69, 9.17) is 5.73 Å². The molecule has 1 unspecified atom stereocenters. The van der Waals surface area contributed by atoms with Gasteiger partial charge in [0.25, 0.3) is 5.91 Å². The van der Waals surface area contributed by atoms with Crippen LogP contribution >= 0.6 is 0 Å². The van der Waals surface area contributed by atoms with Crippen molar-refractivity contribution in [3.8, 4) is 0 Å². The van der Waals surface area contributed by atoms with E-state index < -0.39 is 34.9 Å². The second-order valence-corrected chi connectivity index (χ2v) is 3.81. The topological polar surface area (TPSA) is 55.1 Å². The van der Waals surface area contributed by atoms with Crippen LogP contribution in [0.25, 0.3) is 0 Å². The summed E-state index contributed by atoms with van der Waals surface area (Å²) in [5.74, 6) is -3.67. The lowest BCUT2D eigenvalue weighted by molar-refractivity contribution is -0.184. The van der Waals surface area contributed by atoms with Crippen LogP contribution in [0.15, 0.2) is 18.2 Å². The molecule has 0 radical (unpaired) electrons. The Morgan fingerprint density at radius 3 is 2.00 bits per heavy atom. The number of carbonyl (C=O) groups is 1. The van der Waals surface area contributed by atoms with Crippen molar-refractivity contribution < 1.29 is 26.7 Å². The fraction of sp³-hybridized carbons (Fsp3) is 0.300. The molecule has 3 N–H and O–H groups in total. The molecule has 1 aromatic carbocycles. The summed E-state index contributed by atoms with van der Waals surface area (Å²) >= 11 is 0. The second-order valence-electron chi connectivity index (χ2n) is 3.81. The number of nitrogens with two attached hydrogens (primary N) is 1. The van der Waals surface area contributed by atoms with Crippen LogP contribution in [0, 0.1) is 11.6 Å². The minimum absolute atomic E-state index is 0.446. The van der Waals surface area contributed by atoms with Gasteiger partial charge in [-0.05, 0) is 19.1 Å². The summed E-state index contributed by atoms with van der Waals surface area (Å²) in [6.07, 6.45) is -4.98. The van der Waals surface area contributed by atoms with Crippen molar-refractivity contribution in [2.24, 2.45) is 5.73 Å². The van der Waals surface area contributed by atoms with E-state index >= 15 is 0 Å². The molecule has 8 heteroatoms. The minimum Gasteiger partial charge on any atom is -0.324 e. The Bertz CT molecular complexity index is 450. The van der Waals surface area contributed by atoms with E-state index in [1.54, 1.807) is 5.32 Å². The first-order valence-corrected chi connectivity index (χ1v) is 4.67. The number of amides is 1. The van der Waals surface area contributed by atoms with Crippen molar-refractivity contribution in [2.45, 2.75) is 18.6 Å². The summed E-state index contributed by atoms with van der Waals surface area (Å²) in [5, 5.41) is 1.71. The molecule has 1 aromatic rings. The molecule has 0 saturated heterocycles. The molecular weight excluding hydrogens is 259 g/mol. The summed E-state index contributed by atoms with van der Waals surface area (Å²) in [5.41, 5.74) is 1.23. The Morgan fingerprint density at radius 1 is 1.17 bits per heavy atom. The summed E-state index contributed by atoms with van der Waals surface area (Å²) in [4.78, 5) is 11.3. The molecule has 0 spiro atoms. The predicted octanol–water partition coefficient (Wildman–Crippen LogP) is 2.18. The quantitative estimate of drug-likeness (QED) is 0.808. The average Bonchev–Trinajstić information content (AvgIpc) is 2.13. The van der Waals surface area contributed by atoms with E-state index in [1.165, 1.54) is 0 Å². The predicted molar refractivity (Wildman–Crippen MR) is 53.6 cm³/mol. The van der Waals surface area contributed by atoms with E-state index in [-0.39, 0.29) is 0 Å². The van der Waals surface area contributed by atoms with Crippen molar-refractivity contribution >= 4 is 11.6 Å². The van der Waals surface area contributed by atoms with Crippen LogP contribution in [0.3, 0.4) is 0 Å². The van der Waals surface area contributed by atoms with Gasteiger partial charge in [-0.3, -0.25) is 4.79 Å². The molecule has 0 aromatic heterocycles. The van der Waals surface area contributed by atoms with Gasteiger partial charge in [-0.25, -0.2) is 8.78 Å². The minimum atomic E-state index is -4.98. The third-order valence-corrected chi connectivity index (χ3v) is 2.18. The van der Waals surface area contributed by atoms with E-state index in [2.05, 4.69) is 0 Å². The molecule has 0 aliphatic heterocycles. The first kappa shape index (κ1) is 14.4. The number of carbonyl (C=O) groups excluding carboxylic acids is 1. The van der Waals surface area contributed by atoms with E-state index in [0.717, 1.165) is 0 Å². The lowest BCUT2D eigenvalue weighted by Crippen LogP contribution is -2.59. The largest absolute Gasteiger partial charge is 0.415 e. The highest BCUT2D eigenvalue weighted by Crippen LogP contribution is 2.29. The first-order valence-electron chi connectivity index (χ1n) is 4.67. The first-order chi connectivity index (χ1) is 8.04. The Labute approximate surface area is 98.8 Å². The maximum absolute atomic E-state index is 12.8. The van der Waals surface area contributed by atoms with Gasteiger partial charge in [-0.15, -0.1) is 0 Å². The van der Waals surface area contributed by atoms with E-state index in [1.807, 2.05) is 0 Å². The van der Waals surface area contributed by atoms with Gasteiger partial charge in [0.2, 0.25) is 0 Å². The molecule has 0 aliphatic rings. The van der Waals surface area contributed by atoms with Gasteiger partial charge < -0.3 is 11.1 Å². The normalized spacial score (nSPS) is 15.1. The molecule has 18 heavy (non-hydrogen) atoms. The van der Waals surface area contributed by atoms with Crippen molar-refractivity contribution in [3.05, 3.63) is 29.8 Å².